The van der Waals surface area contributed by atoms with Gasteiger partial charge in [0.05, 0.1) is 18.0 Å². The SMILES string of the molecule is CCOc1cc(NC(C)C2CC3CCC2C3)c(N)cc1F. The highest BCUT2D eigenvalue weighted by atomic mass is 19.1. The average molecular weight is 292 g/mol. The van der Waals surface area contributed by atoms with Crippen molar-refractivity contribution in [1.82, 2.24) is 0 Å². The van der Waals surface area contributed by atoms with Crippen molar-refractivity contribution in [3.05, 3.63) is 17.9 Å². The molecule has 4 heteroatoms. The monoisotopic (exact) mass is 292 g/mol. The molecule has 3 N–H and O–H groups in total. The Morgan fingerprint density at radius 1 is 1.38 bits per heavy atom. The van der Waals surface area contributed by atoms with Crippen molar-refractivity contribution >= 4 is 11.4 Å². The smallest absolute Gasteiger partial charge is 0.167 e. The van der Waals surface area contributed by atoms with Crippen molar-refractivity contribution in [2.45, 2.75) is 45.6 Å². The molecule has 21 heavy (non-hydrogen) atoms. The third-order valence-electron chi connectivity index (χ3n) is 5.22. The van der Waals surface area contributed by atoms with E-state index in [-0.39, 0.29) is 5.75 Å². The van der Waals surface area contributed by atoms with Gasteiger partial charge in [0.25, 0.3) is 0 Å². The highest BCUT2D eigenvalue weighted by molar-refractivity contribution is 5.69. The first-order chi connectivity index (χ1) is 10.1. The number of benzene rings is 1. The van der Waals surface area contributed by atoms with Gasteiger partial charge in [-0.25, -0.2) is 4.39 Å². The van der Waals surface area contributed by atoms with Crippen LogP contribution in [0.15, 0.2) is 12.1 Å². The van der Waals surface area contributed by atoms with Gasteiger partial charge in [0.2, 0.25) is 0 Å². The van der Waals surface area contributed by atoms with Crippen LogP contribution in [0.4, 0.5) is 15.8 Å². The first-order valence-electron chi connectivity index (χ1n) is 8.06. The molecule has 0 heterocycles. The van der Waals surface area contributed by atoms with Crippen molar-refractivity contribution in [3.8, 4) is 5.75 Å². The largest absolute Gasteiger partial charge is 0.491 e. The Labute approximate surface area is 126 Å². The summed E-state index contributed by atoms with van der Waals surface area (Å²) in [4.78, 5) is 0. The summed E-state index contributed by atoms with van der Waals surface area (Å²) in [5.41, 5.74) is 7.19. The molecule has 2 saturated carbocycles. The number of nitrogens with two attached hydrogens (primary N) is 1. The van der Waals surface area contributed by atoms with Crippen molar-refractivity contribution in [1.29, 1.82) is 0 Å². The highest BCUT2D eigenvalue weighted by Gasteiger charge is 2.41. The summed E-state index contributed by atoms with van der Waals surface area (Å²) >= 11 is 0. The molecule has 2 aliphatic rings. The Morgan fingerprint density at radius 3 is 2.81 bits per heavy atom. The molecular formula is C17H25FN2O. The minimum Gasteiger partial charge on any atom is -0.491 e. The van der Waals surface area contributed by atoms with E-state index in [4.69, 9.17) is 10.5 Å². The molecule has 0 amide bonds. The summed E-state index contributed by atoms with van der Waals surface area (Å²) in [6, 6.07) is 3.40. The molecule has 2 aliphatic carbocycles. The molecule has 0 spiro atoms. The Kier molecular flexibility index (Phi) is 3.96. The number of halogens is 1. The number of fused-ring (bicyclic) bond motifs is 2. The first-order valence-corrected chi connectivity index (χ1v) is 8.06. The van der Waals surface area contributed by atoms with E-state index in [0.29, 0.717) is 24.3 Å². The summed E-state index contributed by atoms with van der Waals surface area (Å²) < 4.78 is 19.1. The van der Waals surface area contributed by atoms with Crippen LogP contribution in [0, 0.1) is 23.6 Å². The Hall–Kier alpha value is -1.45. The molecule has 4 atom stereocenters. The number of rotatable bonds is 5. The second-order valence-corrected chi connectivity index (χ2v) is 6.57. The predicted molar refractivity (Wildman–Crippen MR) is 84.0 cm³/mol. The third-order valence-corrected chi connectivity index (χ3v) is 5.22. The third kappa shape index (κ3) is 2.81. The maximum atomic E-state index is 13.7. The van der Waals surface area contributed by atoms with Gasteiger partial charge in [-0.05, 0) is 50.9 Å². The van der Waals surface area contributed by atoms with Gasteiger partial charge < -0.3 is 15.8 Å². The van der Waals surface area contributed by atoms with Gasteiger partial charge in [-0.2, -0.15) is 0 Å². The van der Waals surface area contributed by atoms with E-state index in [9.17, 15) is 4.39 Å². The molecule has 0 radical (unpaired) electrons. The molecule has 1 aromatic rings. The average Bonchev–Trinajstić information content (AvgIpc) is 3.06. The minimum atomic E-state index is -0.396. The molecule has 0 aromatic heterocycles. The minimum absolute atomic E-state index is 0.273. The lowest BCUT2D eigenvalue weighted by Crippen LogP contribution is -2.30. The fourth-order valence-corrected chi connectivity index (χ4v) is 4.22. The Morgan fingerprint density at radius 2 is 2.19 bits per heavy atom. The van der Waals surface area contributed by atoms with Gasteiger partial charge in [0.15, 0.2) is 11.6 Å². The van der Waals surface area contributed by atoms with Crippen LogP contribution in [-0.2, 0) is 0 Å². The fraction of sp³-hybridized carbons (Fsp3) is 0.647. The van der Waals surface area contributed by atoms with Crippen molar-refractivity contribution in [2.24, 2.45) is 17.8 Å². The molecule has 0 aliphatic heterocycles. The van der Waals surface area contributed by atoms with Crippen molar-refractivity contribution in [3.63, 3.8) is 0 Å². The molecule has 3 rings (SSSR count). The summed E-state index contributed by atoms with van der Waals surface area (Å²) in [7, 11) is 0. The van der Waals surface area contributed by atoms with Crippen LogP contribution >= 0.6 is 0 Å². The van der Waals surface area contributed by atoms with E-state index in [1.807, 2.05) is 6.92 Å². The lowest BCUT2D eigenvalue weighted by Gasteiger charge is -2.29. The molecule has 116 valence electrons. The van der Waals surface area contributed by atoms with Crippen LogP contribution in [0.3, 0.4) is 0 Å². The van der Waals surface area contributed by atoms with Crippen molar-refractivity contribution in [2.75, 3.05) is 17.7 Å². The Balaban J connectivity index is 1.73. The van der Waals surface area contributed by atoms with E-state index in [0.717, 1.165) is 17.5 Å². The molecule has 2 fully saturated rings. The zero-order valence-corrected chi connectivity index (χ0v) is 12.9. The first kappa shape index (κ1) is 14.5. The second-order valence-electron chi connectivity index (χ2n) is 6.57. The van der Waals surface area contributed by atoms with Gasteiger partial charge in [0.1, 0.15) is 0 Å². The van der Waals surface area contributed by atoms with Crippen LogP contribution in [-0.4, -0.2) is 12.6 Å². The van der Waals surface area contributed by atoms with E-state index < -0.39 is 5.82 Å². The number of nitrogen functional groups attached to an aromatic ring is 1. The standard InChI is InChI=1S/C17H25FN2O/c1-3-21-17-9-16(15(19)8-14(17)18)20-10(2)13-7-11-4-5-12(13)6-11/h8-13,20H,3-7,19H2,1-2H3. The summed E-state index contributed by atoms with van der Waals surface area (Å²) in [6.45, 7) is 4.51. The lowest BCUT2D eigenvalue weighted by atomic mass is 9.84. The van der Waals surface area contributed by atoms with Crippen LogP contribution in [0.2, 0.25) is 0 Å². The van der Waals surface area contributed by atoms with Crippen LogP contribution in [0.5, 0.6) is 5.75 Å². The zero-order chi connectivity index (χ0) is 15.0. The maximum absolute atomic E-state index is 13.7. The number of nitrogens with one attached hydrogen (secondary N) is 1. The molecule has 4 unspecified atom stereocenters. The van der Waals surface area contributed by atoms with Gasteiger partial charge in [0, 0.05) is 18.2 Å². The molecular weight excluding hydrogens is 267 g/mol. The predicted octanol–water partition coefficient (Wildman–Crippen LogP) is 4.04. The maximum Gasteiger partial charge on any atom is 0.167 e. The number of ether oxygens (including phenoxy) is 1. The van der Waals surface area contributed by atoms with Crippen LogP contribution in [0.25, 0.3) is 0 Å². The topological polar surface area (TPSA) is 47.3 Å². The number of anilines is 2. The summed E-state index contributed by atoms with van der Waals surface area (Å²) in [6.07, 6.45) is 5.48. The second kappa shape index (κ2) is 5.74. The summed E-state index contributed by atoms with van der Waals surface area (Å²) in [5, 5.41) is 3.49. The molecule has 3 nitrogen and oxygen atoms in total. The van der Waals surface area contributed by atoms with Gasteiger partial charge in [-0.15, -0.1) is 0 Å². The number of hydrogen-bond donors (Lipinski definition) is 2. The molecule has 1 aromatic carbocycles. The van der Waals surface area contributed by atoms with Crippen molar-refractivity contribution < 1.29 is 9.13 Å². The quantitative estimate of drug-likeness (QED) is 0.805. The lowest BCUT2D eigenvalue weighted by molar-refractivity contribution is 0.304. The Bertz CT molecular complexity index is 520. The van der Waals surface area contributed by atoms with Gasteiger partial charge >= 0.3 is 0 Å². The summed E-state index contributed by atoms with van der Waals surface area (Å²) in [5.74, 6) is 2.37. The number of hydrogen-bond acceptors (Lipinski definition) is 3. The zero-order valence-electron chi connectivity index (χ0n) is 12.9. The van der Waals surface area contributed by atoms with Gasteiger partial charge in [-0.3, -0.25) is 0 Å². The van der Waals surface area contributed by atoms with Gasteiger partial charge in [-0.1, -0.05) is 6.42 Å². The van der Waals surface area contributed by atoms with Crippen LogP contribution < -0.4 is 15.8 Å². The highest BCUT2D eigenvalue weighted by Crippen LogP contribution is 2.50. The molecule has 2 bridgehead atoms. The molecule has 0 saturated heterocycles. The van der Waals surface area contributed by atoms with E-state index in [1.54, 1.807) is 6.07 Å². The van der Waals surface area contributed by atoms with E-state index >= 15 is 0 Å². The van der Waals surface area contributed by atoms with E-state index in [2.05, 4.69) is 12.2 Å². The fourth-order valence-electron chi connectivity index (χ4n) is 4.22. The van der Waals surface area contributed by atoms with Crippen LogP contribution in [0.1, 0.15) is 39.5 Å². The van der Waals surface area contributed by atoms with E-state index in [1.165, 1.54) is 31.7 Å². The normalized spacial score (nSPS) is 28.6.